The van der Waals surface area contributed by atoms with Crippen molar-refractivity contribution in [2.24, 2.45) is 10.7 Å². The summed E-state index contributed by atoms with van der Waals surface area (Å²) in [4.78, 5) is 3.64. The van der Waals surface area contributed by atoms with E-state index in [0.29, 0.717) is 17.5 Å². The van der Waals surface area contributed by atoms with Crippen molar-refractivity contribution in [3.63, 3.8) is 0 Å². The molecule has 3 N–H and O–H groups in total. The maximum absolute atomic E-state index is 5.41. The van der Waals surface area contributed by atoms with Crippen LogP contribution in [-0.2, 0) is 0 Å². The molecule has 0 aliphatic heterocycles. The second kappa shape index (κ2) is 4.21. The van der Waals surface area contributed by atoms with E-state index in [1.807, 2.05) is 0 Å². The van der Waals surface area contributed by atoms with Crippen molar-refractivity contribution in [1.82, 2.24) is 5.32 Å². The van der Waals surface area contributed by atoms with Crippen molar-refractivity contribution in [3.8, 4) is 0 Å². The fraction of sp³-hybridized carbons (Fsp3) is 0.400. The van der Waals surface area contributed by atoms with Crippen molar-refractivity contribution in [2.75, 3.05) is 13.6 Å². The highest BCUT2D eigenvalue weighted by atomic mass is 35.5. The van der Waals surface area contributed by atoms with Crippen LogP contribution in [0.2, 0.25) is 0 Å². The van der Waals surface area contributed by atoms with E-state index in [4.69, 9.17) is 17.3 Å². The van der Waals surface area contributed by atoms with Crippen molar-refractivity contribution in [1.29, 1.82) is 0 Å². The summed E-state index contributed by atoms with van der Waals surface area (Å²) in [5.74, 6) is 0.372. The molecule has 0 aromatic heterocycles. The summed E-state index contributed by atoms with van der Waals surface area (Å²) in [6.45, 7) is 3.92. The molecule has 0 spiro atoms. The van der Waals surface area contributed by atoms with E-state index in [-0.39, 0.29) is 0 Å². The first kappa shape index (κ1) is 8.30. The highest BCUT2D eigenvalue weighted by molar-refractivity contribution is 6.29. The molecule has 0 aromatic rings. The molecule has 0 aliphatic carbocycles. The number of aliphatic imine (C=N–C) groups is 1. The van der Waals surface area contributed by atoms with Crippen LogP contribution in [0.25, 0.3) is 0 Å². The van der Waals surface area contributed by atoms with Crippen LogP contribution in [0.4, 0.5) is 0 Å². The van der Waals surface area contributed by atoms with E-state index >= 15 is 0 Å². The summed E-state index contributed by atoms with van der Waals surface area (Å²) in [6.07, 6.45) is 0. The summed E-state index contributed by atoms with van der Waals surface area (Å²) in [5.41, 5.74) is 5.26. The van der Waals surface area contributed by atoms with Crippen LogP contribution >= 0.6 is 11.6 Å². The molecule has 4 heteroatoms. The SMILES string of the molecule is C=C(Cl)CNC(N)=NC. The average Bonchev–Trinajstić information content (AvgIpc) is 1.83. The van der Waals surface area contributed by atoms with E-state index < -0.39 is 0 Å². The van der Waals surface area contributed by atoms with Gasteiger partial charge >= 0.3 is 0 Å². The molecule has 0 radical (unpaired) electrons. The van der Waals surface area contributed by atoms with Gasteiger partial charge in [-0.15, -0.1) is 0 Å². The largest absolute Gasteiger partial charge is 0.370 e. The molecule has 3 nitrogen and oxygen atoms in total. The maximum Gasteiger partial charge on any atom is 0.188 e. The van der Waals surface area contributed by atoms with E-state index in [0.717, 1.165) is 0 Å². The van der Waals surface area contributed by atoms with Crippen molar-refractivity contribution in [2.45, 2.75) is 0 Å². The summed E-state index contributed by atoms with van der Waals surface area (Å²) >= 11 is 5.41. The van der Waals surface area contributed by atoms with Gasteiger partial charge in [0.15, 0.2) is 5.96 Å². The molecule has 0 fully saturated rings. The minimum absolute atomic E-state index is 0.372. The second-order valence-electron chi connectivity index (χ2n) is 1.48. The second-order valence-corrected chi connectivity index (χ2v) is 2.01. The highest BCUT2D eigenvalue weighted by Crippen LogP contribution is 1.90. The third-order valence-corrected chi connectivity index (χ3v) is 0.836. The Hall–Kier alpha value is -0.700. The number of hydrogen-bond acceptors (Lipinski definition) is 1. The minimum atomic E-state index is 0.372. The van der Waals surface area contributed by atoms with Gasteiger partial charge in [-0.25, -0.2) is 0 Å². The molecular weight excluding hydrogens is 138 g/mol. The predicted octanol–water partition coefficient (Wildman–Crippen LogP) is 0.273. The Kier molecular flexibility index (Phi) is 3.88. The summed E-state index contributed by atoms with van der Waals surface area (Å²) in [7, 11) is 1.60. The molecule has 0 aromatic carbocycles. The van der Waals surface area contributed by atoms with Crippen LogP contribution in [-0.4, -0.2) is 19.6 Å². The van der Waals surface area contributed by atoms with E-state index in [1.165, 1.54) is 0 Å². The van der Waals surface area contributed by atoms with Gasteiger partial charge in [-0.1, -0.05) is 18.2 Å². The van der Waals surface area contributed by atoms with E-state index in [1.54, 1.807) is 7.05 Å². The van der Waals surface area contributed by atoms with Gasteiger partial charge in [0.1, 0.15) is 0 Å². The molecule has 0 rings (SSSR count). The zero-order valence-electron chi connectivity index (χ0n) is 5.32. The van der Waals surface area contributed by atoms with Crippen LogP contribution in [0.1, 0.15) is 0 Å². The van der Waals surface area contributed by atoms with Crippen LogP contribution in [0.5, 0.6) is 0 Å². The Balaban J connectivity index is 3.39. The van der Waals surface area contributed by atoms with Gasteiger partial charge in [0.2, 0.25) is 0 Å². The van der Waals surface area contributed by atoms with Gasteiger partial charge in [-0.2, -0.15) is 0 Å². The van der Waals surface area contributed by atoms with E-state index in [2.05, 4.69) is 16.9 Å². The van der Waals surface area contributed by atoms with Gasteiger partial charge in [0, 0.05) is 12.1 Å². The van der Waals surface area contributed by atoms with Gasteiger partial charge < -0.3 is 11.1 Å². The Labute approximate surface area is 59.6 Å². The van der Waals surface area contributed by atoms with Gasteiger partial charge in [-0.3, -0.25) is 4.99 Å². The van der Waals surface area contributed by atoms with Crippen molar-refractivity contribution >= 4 is 17.6 Å². The summed E-state index contributed by atoms with van der Waals surface area (Å²) in [5, 5.41) is 3.24. The normalized spacial score (nSPS) is 11.1. The minimum Gasteiger partial charge on any atom is -0.370 e. The zero-order valence-corrected chi connectivity index (χ0v) is 6.07. The lowest BCUT2D eigenvalue weighted by Gasteiger charge is -2.00. The molecule has 0 atom stereocenters. The number of halogens is 1. The number of guanidine groups is 1. The van der Waals surface area contributed by atoms with Crippen LogP contribution in [0.15, 0.2) is 16.6 Å². The van der Waals surface area contributed by atoms with Crippen LogP contribution in [0.3, 0.4) is 0 Å². The molecule has 9 heavy (non-hydrogen) atoms. The zero-order chi connectivity index (χ0) is 7.28. The van der Waals surface area contributed by atoms with E-state index in [9.17, 15) is 0 Å². The van der Waals surface area contributed by atoms with Crippen LogP contribution < -0.4 is 11.1 Å². The number of nitrogens with one attached hydrogen (secondary N) is 1. The molecule has 52 valence electrons. The average molecular weight is 148 g/mol. The third-order valence-electron chi connectivity index (χ3n) is 0.702. The first-order chi connectivity index (χ1) is 4.16. The van der Waals surface area contributed by atoms with Crippen molar-refractivity contribution < 1.29 is 0 Å². The Morgan fingerprint density at radius 1 is 1.89 bits per heavy atom. The first-order valence-corrected chi connectivity index (χ1v) is 2.84. The smallest absolute Gasteiger partial charge is 0.188 e. The molecule has 0 unspecified atom stereocenters. The lowest BCUT2D eigenvalue weighted by molar-refractivity contribution is 1.01. The molecular formula is C5H10ClN3. The van der Waals surface area contributed by atoms with Crippen molar-refractivity contribution in [3.05, 3.63) is 11.6 Å². The summed E-state index contributed by atoms with van der Waals surface area (Å²) in [6, 6.07) is 0. The first-order valence-electron chi connectivity index (χ1n) is 2.46. The lowest BCUT2D eigenvalue weighted by Crippen LogP contribution is -2.32. The molecule has 0 aliphatic rings. The third kappa shape index (κ3) is 5.17. The number of hydrogen-bond donors (Lipinski definition) is 2. The number of nitrogens with zero attached hydrogens (tertiary/aromatic N) is 1. The van der Waals surface area contributed by atoms with Crippen LogP contribution in [0, 0.1) is 0 Å². The highest BCUT2D eigenvalue weighted by Gasteiger charge is 1.87. The van der Waals surface area contributed by atoms with Gasteiger partial charge in [-0.05, 0) is 0 Å². The molecule has 0 amide bonds. The Bertz CT molecular complexity index is 130. The molecule has 0 bridgehead atoms. The molecule has 0 saturated carbocycles. The monoisotopic (exact) mass is 147 g/mol. The topological polar surface area (TPSA) is 50.4 Å². The molecule has 0 saturated heterocycles. The number of nitrogens with two attached hydrogens (primary N) is 1. The quantitative estimate of drug-likeness (QED) is 0.435. The Morgan fingerprint density at radius 3 is 2.78 bits per heavy atom. The maximum atomic E-state index is 5.41. The molecule has 0 heterocycles. The van der Waals surface area contributed by atoms with Gasteiger partial charge in [0.05, 0.1) is 6.54 Å². The Morgan fingerprint density at radius 2 is 2.44 bits per heavy atom. The standard InChI is InChI=1S/C5H10ClN3/c1-4(6)3-9-5(7)8-2/h1,3H2,2H3,(H3,7,8,9). The lowest BCUT2D eigenvalue weighted by atomic mass is 10.6. The fourth-order valence-electron chi connectivity index (χ4n) is 0.266. The fourth-order valence-corrected chi connectivity index (χ4v) is 0.332. The van der Waals surface area contributed by atoms with Gasteiger partial charge in [0.25, 0.3) is 0 Å². The number of rotatable bonds is 2. The summed E-state index contributed by atoms with van der Waals surface area (Å²) < 4.78 is 0. The predicted molar refractivity (Wildman–Crippen MR) is 40.5 cm³/mol.